The average Bonchev–Trinajstić information content (AvgIpc) is 1.59. The van der Waals surface area contributed by atoms with Crippen molar-refractivity contribution in [1.29, 1.82) is 0 Å². The maximum atomic E-state index is 9.75. The first-order valence-corrected chi connectivity index (χ1v) is 3.51. The van der Waals surface area contributed by atoms with Crippen molar-refractivity contribution in [3.05, 3.63) is 0 Å². The van der Waals surface area contributed by atoms with Gasteiger partial charge >= 0.3 is 8.25 Å². The van der Waals surface area contributed by atoms with E-state index >= 15 is 0 Å². The molecule has 0 aromatic carbocycles. The fourth-order valence-corrected chi connectivity index (χ4v) is 0.632. The van der Waals surface area contributed by atoms with Crippen LogP contribution in [-0.2, 0) is 9.09 Å². The second-order valence-electron chi connectivity index (χ2n) is 2.31. The van der Waals surface area contributed by atoms with Crippen LogP contribution in [0.3, 0.4) is 0 Å². The molecule has 0 aliphatic heterocycles. The lowest BCUT2D eigenvalue weighted by Crippen LogP contribution is -2.25. The molecule has 0 aliphatic carbocycles. The van der Waals surface area contributed by atoms with Gasteiger partial charge in [0.05, 0.1) is 5.60 Å². The fourth-order valence-electron chi connectivity index (χ4n) is 0.211. The van der Waals surface area contributed by atoms with Gasteiger partial charge in [0.2, 0.25) is 0 Å². The summed E-state index contributed by atoms with van der Waals surface area (Å²) in [5.74, 6) is 0. The van der Waals surface area contributed by atoms with Gasteiger partial charge in [0, 0.05) is 0 Å². The normalized spacial score (nSPS) is 13.6. The van der Waals surface area contributed by atoms with Crippen LogP contribution < -0.4 is 4.89 Å². The highest BCUT2D eigenvalue weighted by Gasteiger charge is 2.16. The maximum Gasteiger partial charge on any atom is 0.488 e. The third-order valence-corrected chi connectivity index (χ3v) is 0.863. The van der Waals surface area contributed by atoms with E-state index < -0.39 is 13.9 Å². The third-order valence-electron chi connectivity index (χ3n) is 0.523. The molecule has 9 heavy (non-hydrogen) atoms. The van der Waals surface area contributed by atoms with Gasteiger partial charge in [0.15, 0.2) is 0 Å². The van der Waals surface area contributed by atoms with Crippen molar-refractivity contribution < 1.29 is 19.1 Å². The Bertz CT molecular complexity index is 106. The van der Waals surface area contributed by atoms with Crippen molar-refractivity contribution in [3.63, 3.8) is 0 Å². The maximum absolute atomic E-state index is 9.75. The van der Waals surface area contributed by atoms with Crippen LogP contribution in [0.4, 0.5) is 0 Å². The largest absolute Gasteiger partial charge is 0.566 e. The van der Waals surface area contributed by atoms with Crippen LogP contribution in [0.25, 0.3) is 0 Å². The third kappa shape index (κ3) is 7.98. The lowest BCUT2D eigenvalue weighted by molar-refractivity contribution is -0.189. The van der Waals surface area contributed by atoms with E-state index in [1.807, 2.05) is 0 Å². The van der Waals surface area contributed by atoms with Crippen LogP contribution in [0.2, 0.25) is 0 Å². The summed E-state index contributed by atoms with van der Waals surface area (Å²) in [4.78, 5) is 9.75. The molecule has 1 unspecified atom stereocenters. The van der Waals surface area contributed by atoms with E-state index in [2.05, 4.69) is 4.52 Å². The van der Waals surface area contributed by atoms with Crippen LogP contribution in [0.5, 0.6) is 0 Å². The zero-order valence-electron chi connectivity index (χ0n) is 5.33. The van der Waals surface area contributed by atoms with Crippen LogP contribution in [0.1, 0.15) is 13.8 Å². The van der Waals surface area contributed by atoms with Crippen molar-refractivity contribution in [1.82, 2.24) is 0 Å². The number of hydrogen-bond donors (Lipinski definition) is 1. The lowest BCUT2D eigenvalue weighted by atomic mass is 10.2. The van der Waals surface area contributed by atoms with Crippen molar-refractivity contribution in [3.8, 4) is 0 Å². The van der Waals surface area contributed by atoms with E-state index in [1.165, 1.54) is 13.8 Å². The van der Waals surface area contributed by atoms with Crippen molar-refractivity contribution in [2.75, 3.05) is 6.61 Å². The van der Waals surface area contributed by atoms with E-state index in [0.29, 0.717) is 0 Å². The summed E-state index contributed by atoms with van der Waals surface area (Å²) in [6, 6.07) is 0. The molecule has 0 bridgehead atoms. The molecule has 1 atom stereocenters. The van der Waals surface area contributed by atoms with E-state index in [4.69, 9.17) is 5.11 Å². The summed E-state index contributed by atoms with van der Waals surface area (Å²) in [7, 11) is -2.82. The molecule has 0 saturated heterocycles. The molecule has 0 saturated carbocycles. The first-order valence-electron chi connectivity index (χ1n) is 2.41. The minimum absolute atomic E-state index is 0.189. The zero-order valence-corrected chi connectivity index (χ0v) is 6.22. The highest BCUT2D eigenvalue weighted by Crippen LogP contribution is 2.12. The number of aliphatic hydroxyl groups is 1. The minimum atomic E-state index is -2.82. The predicted molar refractivity (Wildman–Crippen MR) is 29.9 cm³/mol. The summed E-state index contributed by atoms with van der Waals surface area (Å²) in [5.41, 5.74) is -1.07. The molecular formula is C4H9O4P. The van der Waals surface area contributed by atoms with Crippen LogP contribution in [0.15, 0.2) is 0 Å². The highest BCUT2D eigenvalue weighted by atomic mass is 31.1. The van der Waals surface area contributed by atoms with E-state index in [-0.39, 0.29) is 6.61 Å². The first kappa shape index (κ1) is 8.98. The summed E-state index contributed by atoms with van der Waals surface area (Å²) in [5, 5.41) is 8.87. The first-order chi connectivity index (χ1) is 3.92. The molecule has 5 heteroatoms. The number of hydrogen-bond acceptors (Lipinski definition) is 4. The standard InChI is InChI=1S/C4H9O4P/c1-4(2,5)3-8-9(6)7/h5H,3H2,1-2H3. The molecule has 0 amide bonds. The molecule has 4 nitrogen and oxygen atoms in total. The minimum Gasteiger partial charge on any atom is -0.566 e. The van der Waals surface area contributed by atoms with E-state index in [9.17, 15) is 9.46 Å². The molecule has 0 rings (SSSR count). The van der Waals surface area contributed by atoms with Crippen LogP contribution >= 0.6 is 8.25 Å². The Morgan fingerprint density at radius 3 is 2.33 bits per heavy atom. The Kier molecular flexibility index (Phi) is 3.22. The van der Waals surface area contributed by atoms with Crippen molar-refractivity contribution in [2.45, 2.75) is 19.4 Å². The van der Waals surface area contributed by atoms with Gasteiger partial charge in [-0.25, -0.2) is 0 Å². The summed E-state index contributed by atoms with van der Waals surface area (Å²) < 4.78 is 13.9. The topological polar surface area (TPSA) is 69.6 Å². The molecule has 0 heterocycles. The summed E-state index contributed by atoms with van der Waals surface area (Å²) >= 11 is 0. The van der Waals surface area contributed by atoms with Gasteiger partial charge in [0.1, 0.15) is 6.61 Å². The molecule has 0 aromatic rings. The number of rotatable bonds is 3. The van der Waals surface area contributed by atoms with Gasteiger partial charge in [-0.2, -0.15) is 0 Å². The lowest BCUT2D eigenvalue weighted by Gasteiger charge is -2.11. The quantitative estimate of drug-likeness (QED) is 0.568. The van der Waals surface area contributed by atoms with Gasteiger partial charge in [0.25, 0.3) is 0 Å². The van der Waals surface area contributed by atoms with Crippen molar-refractivity contribution in [2.24, 2.45) is 0 Å². The van der Waals surface area contributed by atoms with Gasteiger partial charge in [-0.1, -0.05) is 0 Å². The molecule has 54 valence electrons. The van der Waals surface area contributed by atoms with Gasteiger partial charge in [-0.3, -0.25) is 0 Å². The Morgan fingerprint density at radius 2 is 2.22 bits per heavy atom. The van der Waals surface area contributed by atoms with Gasteiger partial charge in [-0.15, -0.1) is 4.52 Å². The Balaban J connectivity index is 3.39. The smallest absolute Gasteiger partial charge is 0.488 e. The predicted octanol–water partition coefficient (Wildman–Crippen LogP) is -0.208. The molecule has 0 radical (unpaired) electrons. The van der Waals surface area contributed by atoms with Crippen LogP contribution in [-0.4, -0.2) is 17.3 Å². The molecular weight excluding hydrogens is 143 g/mol. The zero-order chi connectivity index (χ0) is 7.49. The highest BCUT2D eigenvalue weighted by molar-refractivity contribution is 7.30. The summed E-state index contributed by atoms with van der Waals surface area (Å²) in [6.07, 6.45) is 0. The van der Waals surface area contributed by atoms with Gasteiger partial charge in [-0.05, 0) is 18.4 Å². The van der Waals surface area contributed by atoms with E-state index in [1.54, 1.807) is 0 Å². The SMILES string of the molecule is CC(C)(O)CO[P+](=O)[O-]. The monoisotopic (exact) mass is 152 g/mol. The van der Waals surface area contributed by atoms with Crippen LogP contribution in [0, 0.1) is 0 Å². The molecule has 0 spiro atoms. The fraction of sp³-hybridized carbons (Fsp3) is 1.00. The Hall–Kier alpha value is -0.0200. The molecule has 0 aliphatic rings. The Morgan fingerprint density at radius 1 is 1.78 bits per heavy atom. The molecule has 1 N–H and O–H groups in total. The molecule has 0 aromatic heterocycles. The average molecular weight is 152 g/mol. The van der Waals surface area contributed by atoms with E-state index in [0.717, 1.165) is 0 Å². The second kappa shape index (κ2) is 3.22. The van der Waals surface area contributed by atoms with Crippen molar-refractivity contribution >= 4 is 8.25 Å². The Labute approximate surface area is 54.4 Å². The summed E-state index contributed by atoms with van der Waals surface area (Å²) in [6.45, 7) is 2.74. The van der Waals surface area contributed by atoms with Gasteiger partial charge < -0.3 is 10.00 Å². The molecule has 0 fully saturated rings. The second-order valence-corrected chi connectivity index (χ2v) is 3.01.